The number of hydrogen-bond donors (Lipinski definition) is 0. The summed E-state index contributed by atoms with van der Waals surface area (Å²) >= 11 is 0. The predicted molar refractivity (Wildman–Crippen MR) is 78.9 cm³/mol. The molecule has 0 atom stereocenters. The molecule has 0 aliphatic heterocycles. The molecule has 1 aromatic rings. The molecule has 5 nitrogen and oxygen atoms in total. The number of carbonyl (C=O) groups is 2. The van der Waals surface area contributed by atoms with Crippen molar-refractivity contribution in [1.29, 1.82) is 0 Å². The molecule has 1 fully saturated rings. The van der Waals surface area contributed by atoms with Gasteiger partial charge >= 0.3 is 5.97 Å². The van der Waals surface area contributed by atoms with Gasteiger partial charge < -0.3 is 4.74 Å². The zero-order chi connectivity index (χ0) is 15.5. The van der Waals surface area contributed by atoms with Crippen molar-refractivity contribution in [3.63, 3.8) is 0 Å². The number of hydrogen-bond acceptors (Lipinski definition) is 4. The van der Waals surface area contributed by atoms with Crippen molar-refractivity contribution in [3.05, 3.63) is 18.0 Å². The molecule has 0 radical (unpaired) electrons. The fourth-order valence-electron chi connectivity index (χ4n) is 2.93. The molecule has 1 aliphatic rings. The lowest BCUT2D eigenvalue weighted by Gasteiger charge is -2.36. The summed E-state index contributed by atoms with van der Waals surface area (Å²) < 4.78 is 6.95. The van der Waals surface area contributed by atoms with Crippen LogP contribution >= 0.6 is 0 Å². The minimum atomic E-state index is -0.283. The van der Waals surface area contributed by atoms with E-state index in [0.29, 0.717) is 23.3 Å². The highest BCUT2D eigenvalue weighted by Gasteiger charge is 2.31. The molecule has 5 heteroatoms. The fraction of sp³-hybridized carbons (Fsp3) is 0.688. The number of esters is 1. The largest absolute Gasteiger partial charge is 0.461 e. The molecule has 0 aromatic carbocycles. The summed E-state index contributed by atoms with van der Waals surface area (Å²) in [6.45, 7) is 6.87. The molecular weight excluding hydrogens is 268 g/mol. The SMILES string of the molecule is CC(C)(C)C1CCC(OC(=O)Cn2ccc(C=O)n2)CC1. The van der Waals surface area contributed by atoms with Crippen LogP contribution in [0.2, 0.25) is 0 Å². The van der Waals surface area contributed by atoms with Gasteiger partial charge in [0, 0.05) is 6.20 Å². The third kappa shape index (κ3) is 4.41. The van der Waals surface area contributed by atoms with Crippen LogP contribution < -0.4 is 0 Å². The Morgan fingerprint density at radius 1 is 1.38 bits per heavy atom. The second-order valence-electron chi connectivity index (χ2n) is 6.89. The zero-order valence-corrected chi connectivity index (χ0v) is 13.0. The Kier molecular flexibility index (Phi) is 4.80. The molecule has 0 saturated heterocycles. The monoisotopic (exact) mass is 292 g/mol. The number of rotatable bonds is 4. The van der Waals surface area contributed by atoms with E-state index in [1.807, 2.05) is 0 Å². The van der Waals surface area contributed by atoms with E-state index >= 15 is 0 Å². The molecule has 0 amide bonds. The molecule has 0 N–H and O–H groups in total. The van der Waals surface area contributed by atoms with E-state index in [4.69, 9.17) is 4.74 Å². The highest BCUT2D eigenvalue weighted by atomic mass is 16.5. The zero-order valence-electron chi connectivity index (χ0n) is 13.0. The van der Waals surface area contributed by atoms with Crippen LogP contribution in [0, 0.1) is 11.3 Å². The van der Waals surface area contributed by atoms with Gasteiger partial charge in [0.2, 0.25) is 0 Å². The lowest BCUT2D eigenvalue weighted by atomic mass is 9.72. The Labute approximate surface area is 125 Å². The molecule has 0 unspecified atom stereocenters. The van der Waals surface area contributed by atoms with Gasteiger partial charge in [0.05, 0.1) is 0 Å². The number of nitrogens with zero attached hydrogens (tertiary/aromatic N) is 2. The van der Waals surface area contributed by atoms with Crippen LogP contribution in [0.4, 0.5) is 0 Å². The van der Waals surface area contributed by atoms with Crippen LogP contribution in [-0.2, 0) is 16.1 Å². The molecule has 1 aliphatic carbocycles. The first-order valence-corrected chi connectivity index (χ1v) is 7.56. The standard InChI is InChI=1S/C16H24N2O3/c1-16(2,3)12-4-6-14(7-5-12)21-15(20)10-18-9-8-13(11-19)17-18/h8-9,11-12,14H,4-7,10H2,1-3H3. The van der Waals surface area contributed by atoms with Gasteiger partial charge in [-0.1, -0.05) is 20.8 Å². The maximum absolute atomic E-state index is 11.9. The summed E-state index contributed by atoms with van der Waals surface area (Å²) in [5.74, 6) is 0.420. The maximum Gasteiger partial charge on any atom is 0.328 e. The van der Waals surface area contributed by atoms with Gasteiger partial charge in [-0.15, -0.1) is 0 Å². The van der Waals surface area contributed by atoms with Gasteiger partial charge in [-0.25, -0.2) is 0 Å². The van der Waals surface area contributed by atoms with Crippen LogP contribution in [0.15, 0.2) is 12.3 Å². The second-order valence-corrected chi connectivity index (χ2v) is 6.89. The minimum Gasteiger partial charge on any atom is -0.461 e. The van der Waals surface area contributed by atoms with Crippen molar-refractivity contribution in [2.75, 3.05) is 0 Å². The Morgan fingerprint density at radius 2 is 2.05 bits per heavy atom. The summed E-state index contributed by atoms with van der Waals surface area (Å²) in [5, 5.41) is 3.95. The van der Waals surface area contributed by atoms with E-state index < -0.39 is 0 Å². The predicted octanol–water partition coefficient (Wildman–Crippen LogP) is 2.84. The third-order valence-corrected chi connectivity index (χ3v) is 4.27. The summed E-state index contributed by atoms with van der Waals surface area (Å²) in [7, 11) is 0. The van der Waals surface area contributed by atoms with E-state index in [1.165, 1.54) is 4.68 Å². The Balaban J connectivity index is 1.78. The molecule has 1 saturated carbocycles. The van der Waals surface area contributed by atoms with E-state index in [2.05, 4.69) is 25.9 Å². The van der Waals surface area contributed by atoms with Crippen molar-refractivity contribution in [2.24, 2.45) is 11.3 Å². The van der Waals surface area contributed by atoms with Crippen LogP contribution in [0.5, 0.6) is 0 Å². The Bertz CT molecular complexity index is 494. The average Bonchev–Trinajstić information content (AvgIpc) is 2.85. The van der Waals surface area contributed by atoms with Crippen molar-refractivity contribution >= 4 is 12.3 Å². The molecular formula is C16H24N2O3. The minimum absolute atomic E-state index is 0.0252. The van der Waals surface area contributed by atoms with Crippen molar-refractivity contribution in [2.45, 2.75) is 59.1 Å². The van der Waals surface area contributed by atoms with Crippen LogP contribution in [-0.4, -0.2) is 28.1 Å². The molecule has 1 heterocycles. The molecule has 1 aromatic heterocycles. The van der Waals surface area contributed by atoms with Crippen LogP contribution in [0.1, 0.15) is 56.9 Å². The van der Waals surface area contributed by atoms with Crippen molar-refractivity contribution in [1.82, 2.24) is 9.78 Å². The number of aldehydes is 1. The molecule has 116 valence electrons. The van der Waals surface area contributed by atoms with E-state index in [1.54, 1.807) is 12.3 Å². The first kappa shape index (κ1) is 15.7. The van der Waals surface area contributed by atoms with Gasteiger partial charge in [-0.2, -0.15) is 5.10 Å². The fourth-order valence-corrected chi connectivity index (χ4v) is 2.93. The molecule has 2 rings (SSSR count). The lowest BCUT2D eigenvalue weighted by Crippen LogP contribution is -2.31. The van der Waals surface area contributed by atoms with Crippen molar-refractivity contribution < 1.29 is 14.3 Å². The number of carbonyl (C=O) groups excluding carboxylic acids is 2. The van der Waals surface area contributed by atoms with Gasteiger partial charge in [-0.05, 0) is 43.1 Å². The highest BCUT2D eigenvalue weighted by molar-refractivity contribution is 5.72. The summed E-state index contributed by atoms with van der Waals surface area (Å²) in [5.41, 5.74) is 0.656. The maximum atomic E-state index is 11.9. The normalized spacial score (nSPS) is 22.8. The van der Waals surface area contributed by atoms with E-state index in [9.17, 15) is 9.59 Å². The summed E-state index contributed by atoms with van der Waals surface area (Å²) in [6, 6.07) is 1.58. The van der Waals surface area contributed by atoms with Gasteiger partial charge in [-0.3, -0.25) is 14.3 Å². The Morgan fingerprint density at radius 3 is 2.57 bits per heavy atom. The molecule has 21 heavy (non-hydrogen) atoms. The van der Waals surface area contributed by atoms with E-state index in [0.717, 1.165) is 25.7 Å². The average molecular weight is 292 g/mol. The lowest BCUT2D eigenvalue weighted by molar-refractivity contribution is -0.152. The topological polar surface area (TPSA) is 61.2 Å². The second kappa shape index (κ2) is 6.41. The quantitative estimate of drug-likeness (QED) is 0.632. The van der Waals surface area contributed by atoms with Crippen molar-refractivity contribution in [3.8, 4) is 0 Å². The van der Waals surface area contributed by atoms with Crippen LogP contribution in [0.3, 0.4) is 0 Å². The number of ether oxygens (including phenoxy) is 1. The first-order valence-electron chi connectivity index (χ1n) is 7.56. The van der Waals surface area contributed by atoms with Gasteiger partial charge in [0.1, 0.15) is 18.3 Å². The summed E-state index contributed by atoms with van der Waals surface area (Å²) in [6.07, 6.45) is 6.39. The Hall–Kier alpha value is -1.65. The van der Waals surface area contributed by atoms with E-state index in [-0.39, 0.29) is 18.6 Å². The molecule has 0 spiro atoms. The first-order chi connectivity index (χ1) is 9.88. The van der Waals surface area contributed by atoms with Gasteiger partial charge in [0.25, 0.3) is 0 Å². The molecule has 0 bridgehead atoms. The smallest absolute Gasteiger partial charge is 0.328 e. The van der Waals surface area contributed by atoms with Crippen LogP contribution in [0.25, 0.3) is 0 Å². The highest BCUT2D eigenvalue weighted by Crippen LogP contribution is 2.38. The number of aromatic nitrogens is 2. The summed E-state index contributed by atoms with van der Waals surface area (Å²) in [4.78, 5) is 22.4. The van der Waals surface area contributed by atoms with Gasteiger partial charge in [0.15, 0.2) is 6.29 Å². The third-order valence-electron chi connectivity index (χ3n) is 4.27.